The molecular weight excluding hydrogens is 387 g/mol. The van der Waals surface area contributed by atoms with Gasteiger partial charge >= 0.3 is 0 Å². The summed E-state index contributed by atoms with van der Waals surface area (Å²) in [6.07, 6.45) is 0. The van der Waals surface area contributed by atoms with E-state index in [1.807, 2.05) is 0 Å². The number of ether oxygens (including phenoxy) is 2. The lowest BCUT2D eigenvalue weighted by atomic mass is 10.1. The first-order chi connectivity index (χ1) is 13.5. The summed E-state index contributed by atoms with van der Waals surface area (Å²) < 4.78 is 25.7. The van der Waals surface area contributed by atoms with Crippen LogP contribution in [0.15, 0.2) is 47.6 Å². The molecule has 0 N–H and O–H groups in total. The van der Waals surface area contributed by atoms with Crippen molar-refractivity contribution in [3.63, 3.8) is 0 Å². The van der Waals surface area contributed by atoms with Crippen LogP contribution in [-0.2, 0) is 0 Å². The fourth-order valence-corrected chi connectivity index (χ4v) is 4.06. The highest BCUT2D eigenvalue weighted by Gasteiger charge is 2.26. The van der Waals surface area contributed by atoms with Gasteiger partial charge in [-0.3, -0.25) is 14.7 Å². The van der Waals surface area contributed by atoms with Gasteiger partial charge in [0.1, 0.15) is 16.9 Å². The number of benzene rings is 2. The fourth-order valence-electron chi connectivity index (χ4n) is 2.89. The summed E-state index contributed by atoms with van der Waals surface area (Å²) in [5.41, 5.74) is 1.40. The quantitative estimate of drug-likeness (QED) is 0.354. The second-order valence-corrected chi connectivity index (χ2v) is 7.25. The molecule has 3 aromatic rings. The molecule has 2 aromatic carbocycles. The number of aryl methyl sites for hydroxylation is 1. The van der Waals surface area contributed by atoms with Crippen molar-refractivity contribution < 1.29 is 18.8 Å². The average Bonchev–Trinajstić information content (AvgIpc) is 3.27. The maximum Gasteiger partial charge on any atom is 0.231 e. The third kappa shape index (κ3) is 3.63. The van der Waals surface area contributed by atoms with Gasteiger partial charge in [0.2, 0.25) is 13.3 Å². The van der Waals surface area contributed by atoms with Gasteiger partial charge in [-0.15, -0.1) is 10.2 Å². The molecule has 0 unspecified atom stereocenters. The van der Waals surface area contributed by atoms with Crippen molar-refractivity contribution in [3.8, 4) is 17.2 Å². The molecule has 0 saturated heterocycles. The first-order valence-corrected chi connectivity index (χ1v) is 9.25. The summed E-state index contributed by atoms with van der Waals surface area (Å²) in [7, 11) is 0. The first kappa shape index (κ1) is 18.2. The van der Waals surface area contributed by atoms with E-state index in [9.17, 15) is 14.5 Å². The second-order valence-electron chi connectivity index (χ2n) is 6.08. The maximum absolute atomic E-state index is 13.3. The van der Waals surface area contributed by atoms with Crippen LogP contribution in [0.2, 0.25) is 0 Å². The number of hydrogen-bond donors (Lipinski definition) is 0. The number of thioether (sulfide) groups is 1. The van der Waals surface area contributed by atoms with E-state index in [1.54, 1.807) is 41.8 Å². The number of aromatic nitrogens is 3. The molecule has 0 radical (unpaired) electrons. The Labute approximate surface area is 163 Å². The number of rotatable bonds is 6. The van der Waals surface area contributed by atoms with Crippen LogP contribution in [0.3, 0.4) is 0 Å². The van der Waals surface area contributed by atoms with Gasteiger partial charge in [0, 0.05) is 10.6 Å². The van der Waals surface area contributed by atoms with E-state index >= 15 is 0 Å². The minimum absolute atomic E-state index is 0.129. The van der Waals surface area contributed by atoms with E-state index in [1.165, 1.54) is 23.9 Å². The Morgan fingerprint density at radius 1 is 1.21 bits per heavy atom. The fraction of sp³-hybridized carbons (Fsp3) is 0.222. The van der Waals surface area contributed by atoms with Gasteiger partial charge in [-0.05, 0) is 48.9 Å². The zero-order chi connectivity index (χ0) is 19.7. The monoisotopic (exact) mass is 402 g/mol. The molecule has 2 heterocycles. The minimum Gasteiger partial charge on any atom is -0.454 e. The summed E-state index contributed by atoms with van der Waals surface area (Å²) >= 11 is 1.22. The summed E-state index contributed by atoms with van der Waals surface area (Å²) in [5.74, 6) is 1.41. The molecule has 8 nitrogen and oxygen atoms in total. The van der Waals surface area contributed by atoms with Gasteiger partial charge < -0.3 is 9.47 Å². The van der Waals surface area contributed by atoms with E-state index in [-0.39, 0.29) is 24.1 Å². The van der Waals surface area contributed by atoms with Crippen molar-refractivity contribution in [1.82, 2.24) is 14.8 Å². The number of halogens is 1. The Bertz CT molecular complexity index is 1020. The Morgan fingerprint density at radius 2 is 1.96 bits per heavy atom. The van der Waals surface area contributed by atoms with Crippen molar-refractivity contribution in [2.75, 3.05) is 13.3 Å². The van der Waals surface area contributed by atoms with E-state index in [0.29, 0.717) is 28.2 Å². The molecule has 0 fully saturated rings. The van der Waals surface area contributed by atoms with Crippen LogP contribution in [-0.4, -0.2) is 33.0 Å². The van der Waals surface area contributed by atoms with Crippen molar-refractivity contribution in [2.45, 2.75) is 17.3 Å². The molecule has 28 heavy (non-hydrogen) atoms. The highest BCUT2D eigenvalue weighted by atomic mass is 32.2. The number of nitro groups is 1. The van der Waals surface area contributed by atoms with Gasteiger partial charge in [-0.1, -0.05) is 17.8 Å². The largest absolute Gasteiger partial charge is 0.454 e. The molecule has 0 aliphatic carbocycles. The zero-order valence-electron chi connectivity index (χ0n) is 14.7. The van der Waals surface area contributed by atoms with E-state index < -0.39 is 5.25 Å². The first-order valence-electron chi connectivity index (χ1n) is 8.37. The van der Waals surface area contributed by atoms with Gasteiger partial charge in [0.05, 0.1) is 0 Å². The van der Waals surface area contributed by atoms with E-state index in [0.717, 1.165) is 5.56 Å². The van der Waals surface area contributed by atoms with Crippen molar-refractivity contribution >= 4 is 11.8 Å². The highest BCUT2D eigenvalue weighted by molar-refractivity contribution is 7.99. The smallest absolute Gasteiger partial charge is 0.231 e. The molecule has 1 aliphatic rings. The maximum atomic E-state index is 13.3. The van der Waals surface area contributed by atoms with Crippen molar-refractivity contribution in [2.24, 2.45) is 0 Å². The zero-order valence-corrected chi connectivity index (χ0v) is 15.6. The predicted molar refractivity (Wildman–Crippen MR) is 99.1 cm³/mol. The molecule has 1 aromatic heterocycles. The Balaban J connectivity index is 1.68. The molecule has 4 rings (SSSR count). The van der Waals surface area contributed by atoms with Crippen LogP contribution in [0.25, 0.3) is 5.69 Å². The van der Waals surface area contributed by atoms with Gasteiger partial charge in [-0.25, -0.2) is 4.39 Å². The number of fused-ring (bicyclic) bond motifs is 1. The Kier molecular flexibility index (Phi) is 4.86. The van der Waals surface area contributed by atoms with Crippen LogP contribution >= 0.6 is 11.8 Å². The predicted octanol–water partition coefficient (Wildman–Crippen LogP) is 3.55. The molecule has 1 atom stereocenters. The molecule has 0 bridgehead atoms. The number of nitrogens with zero attached hydrogens (tertiary/aromatic N) is 4. The third-order valence-electron chi connectivity index (χ3n) is 4.21. The third-order valence-corrected chi connectivity index (χ3v) is 5.39. The van der Waals surface area contributed by atoms with E-state index in [4.69, 9.17) is 9.47 Å². The highest BCUT2D eigenvalue weighted by Crippen LogP contribution is 2.40. The molecule has 1 aliphatic heterocycles. The molecule has 0 spiro atoms. The van der Waals surface area contributed by atoms with Crippen LogP contribution in [0.4, 0.5) is 4.39 Å². The number of hydrogen-bond acceptors (Lipinski definition) is 7. The molecule has 144 valence electrons. The second kappa shape index (κ2) is 7.47. The normalized spacial score (nSPS) is 13.5. The van der Waals surface area contributed by atoms with Gasteiger partial charge in [0.25, 0.3) is 0 Å². The lowest BCUT2D eigenvalue weighted by Gasteiger charge is -2.14. The molecular formula is C18H15FN4O4S. The standard InChI is InChI=1S/C18H15FN4O4S/c1-11-20-21-18(23(11)14-5-3-13(19)4-6-14)28-17(9-22(24)25)12-2-7-15-16(8-12)27-10-26-15/h2-8,17H,9-10H2,1H3/t17-/m1/s1. The van der Waals surface area contributed by atoms with Crippen LogP contribution in [0, 0.1) is 22.9 Å². The van der Waals surface area contributed by atoms with Gasteiger partial charge in [-0.2, -0.15) is 0 Å². The topological polar surface area (TPSA) is 92.3 Å². The lowest BCUT2D eigenvalue weighted by Crippen LogP contribution is -2.11. The van der Waals surface area contributed by atoms with Crippen molar-refractivity contribution in [1.29, 1.82) is 0 Å². The molecule has 0 saturated carbocycles. The summed E-state index contributed by atoms with van der Waals surface area (Å²) in [5, 5.41) is 19.5. The Morgan fingerprint density at radius 3 is 2.71 bits per heavy atom. The molecule has 0 amide bonds. The van der Waals surface area contributed by atoms with Crippen LogP contribution in [0.5, 0.6) is 11.5 Å². The van der Waals surface area contributed by atoms with Crippen LogP contribution < -0.4 is 9.47 Å². The SMILES string of the molecule is Cc1nnc(S[C@H](C[N+](=O)[O-])c2ccc3c(c2)OCO3)n1-c1ccc(F)cc1. The summed E-state index contributed by atoms with van der Waals surface area (Å²) in [4.78, 5) is 10.9. The van der Waals surface area contributed by atoms with Crippen molar-refractivity contribution in [3.05, 3.63) is 69.8 Å². The lowest BCUT2D eigenvalue weighted by molar-refractivity contribution is -0.479. The molecule has 10 heteroatoms. The van der Waals surface area contributed by atoms with Crippen LogP contribution in [0.1, 0.15) is 16.6 Å². The average molecular weight is 402 g/mol. The Hall–Kier alpha value is -3.14. The summed E-state index contributed by atoms with van der Waals surface area (Å²) in [6.45, 7) is 1.59. The summed E-state index contributed by atoms with van der Waals surface area (Å²) in [6, 6.07) is 11.2. The van der Waals surface area contributed by atoms with E-state index in [2.05, 4.69) is 10.2 Å². The minimum atomic E-state index is -0.521. The van der Waals surface area contributed by atoms with Gasteiger partial charge in [0.15, 0.2) is 16.7 Å².